The van der Waals surface area contributed by atoms with Gasteiger partial charge in [0.25, 0.3) is 0 Å². The first-order chi connectivity index (χ1) is 10.0. The van der Waals surface area contributed by atoms with E-state index in [1.165, 1.54) is 5.56 Å². The highest BCUT2D eigenvalue weighted by Crippen LogP contribution is 2.24. The number of thiazole rings is 1. The third kappa shape index (κ3) is 3.89. The van der Waals surface area contributed by atoms with Crippen molar-refractivity contribution in [3.63, 3.8) is 0 Å². The molecule has 0 bridgehead atoms. The highest BCUT2D eigenvalue weighted by molar-refractivity contribution is 7.13. The Morgan fingerprint density at radius 2 is 2.24 bits per heavy atom. The molecule has 112 valence electrons. The van der Waals surface area contributed by atoms with Crippen LogP contribution in [0.5, 0.6) is 0 Å². The molecule has 1 heterocycles. The molecule has 0 aliphatic carbocycles. The zero-order chi connectivity index (χ0) is 15.4. The maximum Gasteiger partial charge on any atom is 0.228 e. The molecule has 1 unspecified atom stereocenters. The maximum absolute atomic E-state index is 12.1. The number of likely N-dealkylation sites (N-methyl/N-ethyl adjacent to an activating group) is 1. The van der Waals surface area contributed by atoms with E-state index in [-0.39, 0.29) is 25.0 Å². The van der Waals surface area contributed by atoms with E-state index in [2.05, 4.69) is 11.1 Å². The van der Waals surface area contributed by atoms with Crippen LogP contribution in [0.15, 0.2) is 29.6 Å². The highest BCUT2D eigenvalue weighted by Gasteiger charge is 2.16. The topological polar surface area (TPSA) is 53.4 Å². The predicted octanol–water partition coefficient (Wildman–Crippen LogP) is 2.50. The van der Waals surface area contributed by atoms with Crippen molar-refractivity contribution in [1.82, 2.24) is 9.88 Å². The van der Waals surface area contributed by atoms with E-state index in [4.69, 9.17) is 5.11 Å². The van der Waals surface area contributed by atoms with Crippen molar-refractivity contribution in [2.24, 2.45) is 0 Å². The molecule has 0 radical (unpaired) electrons. The second-order valence-corrected chi connectivity index (χ2v) is 6.08. The SMILES string of the molecule is Cc1cccc(-c2nc(CC(=O)N(C)C(C)CO)cs2)c1. The van der Waals surface area contributed by atoms with E-state index in [9.17, 15) is 4.79 Å². The van der Waals surface area contributed by atoms with Gasteiger partial charge in [-0.25, -0.2) is 4.98 Å². The molecule has 1 aromatic heterocycles. The number of aryl methyl sites for hydroxylation is 1. The molecule has 1 N–H and O–H groups in total. The number of carbonyl (C=O) groups is 1. The van der Waals surface area contributed by atoms with Crippen molar-refractivity contribution >= 4 is 17.2 Å². The van der Waals surface area contributed by atoms with Crippen LogP contribution in [0.1, 0.15) is 18.2 Å². The summed E-state index contributed by atoms with van der Waals surface area (Å²) in [4.78, 5) is 18.2. The highest BCUT2D eigenvalue weighted by atomic mass is 32.1. The largest absolute Gasteiger partial charge is 0.394 e. The lowest BCUT2D eigenvalue weighted by atomic mass is 10.1. The van der Waals surface area contributed by atoms with Gasteiger partial charge >= 0.3 is 0 Å². The van der Waals surface area contributed by atoms with Crippen LogP contribution in [0.25, 0.3) is 10.6 Å². The second-order valence-electron chi connectivity index (χ2n) is 5.23. The summed E-state index contributed by atoms with van der Waals surface area (Å²) in [7, 11) is 1.71. The molecule has 1 atom stereocenters. The van der Waals surface area contributed by atoms with Gasteiger partial charge in [0.15, 0.2) is 0 Å². The van der Waals surface area contributed by atoms with E-state index in [0.717, 1.165) is 16.3 Å². The van der Waals surface area contributed by atoms with Gasteiger partial charge in [-0.05, 0) is 19.9 Å². The smallest absolute Gasteiger partial charge is 0.228 e. The number of amides is 1. The number of carbonyl (C=O) groups excluding carboxylic acids is 1. The molecule has 1 amide bonds. The number of aromatic nitrogens is 1. The third-order valence-electron chi connectivity index (χ3n) is 3.47. The monoisotopic (exact) mass is 304 g/mol. The Hall–Kier alpha value is -1.72. The summed E-state index contributed by atoms with van der Waals surface area (Å²) in [6, 6.07) is 8.00. The number of hydrogen-bond donors (Lipinski definition) is 1. The van der Waals surface area contributed by atoms with Crippen LogP contribution < -0.4 is 0 Å². The molecule has 1 aromatic carbocycles. The van der Waals surface area contributed by atoms with Gasteiger partial charge < -0.3 is 10.0 Å². The Bertz CT molecular complexity index is 624. The summed E-state index contributed by atoms with van der Waals surface area (Å²) in [6.07, 6.45) is 0.267. The lowest BCUT2D eigenvalue weighted by molar-refractivity contribution is -0.131. The van der Waals surface area contributed by atoms with Crippen LogP contribution in [-0.2, 0) is 11.2 Å². The molecule has 21 heavy (non-hydrogen) atoms. The minimum atomic E-state index is -0.174. The first-order valence-corrected chi connectivity index (χ1v) is 7.77. The van der Waals surface area contributed by atoms with E-state index in [1.54, 1.807) is 23.3 Å². The Kier molecular flexibility index (Phi) is 5.09. The molecule has 0 aliphatic heterocycles. The average Bonchev–Trinajstić information content (AvgIpc) is 2.94. The fourth-order valence-corrected chi connectivity index (χ4v) is 2.76. The number of benzene rings is 1. The van der Waals surface area contributed by atoms with E-state index >= 15 is 0 Å². The number of rotatable bonds is 5. The lowest BCUT2D eigenvalue weighted by Gasteiger charge is -2.22. The van der Waals surface area contributed by atoms with Crippen LogP contribution in [0.4, 0.5) is 0 Å². The normalized spacial score (nSPS) is 12.2. The first kappa shape index (κ1) is 15.7. The van der Waals surface area contributed by atoms with Crippen molar-refractivity contribution in [3.8, 4) is 10.6 Å². The number of nitrogens with zero attached hydrogens (tertiary/aromatic N) is 2. The van der Waals surface area contributed by atoms with E-state index in [0.29, 0.717) is 0 Å². The second kappa shape index (κ2) is 6.83. The minimum Gasteiger partial charge on any atom is -0.394 e. The van der Waals surface area contributed by atoms with Crippen LogP contribution in [0.3, 0.4) is 0 Å². The summed E-state index contributed by atoms with van der Waals surface area (Å²) in [6.45, 7) is 3.83. The fourth-order valence-electron chi connectivity index (χ4n) is 1.95. The molecule has 2 aromatic rings. The van der Waals surface area contributed by atoms with Gasteiger partial charge in [-0.2, -0.15) is 0 Å². The summed E-state index contributed by atoms with van der Waals surface area (Å²) in [5, 5.41) is 11.9. The quantitative estimate of drug-likeness (QED) is 0.923. The first-order valence-electron chi connectivity index (χ1n) is 6.89. The molecule has 0 saturated carbocycles. The van der Waals surface area contributed by atoms with E-state index in [1.807, 2.05) is 37.4 Å². The molecule has 5 heteroatoms. The minimum absolute atomic E-state index is 0.0300. The molecular weight excluding hydrogens is 284 g/mol. The van der Waals surface area contributed by atoms with Crippen LogP contribution in [0.2, 0.25) is 0 Å². The van der Waals surface area contributed by atoms with Gasteiger partial charge in [-0.1, -0.05) is 23.8 Å². The van der Waals surface area contributed by atoms with Crippen molar-refractivity contribution in [2.75, 3.05) is 13.7 Å². The van der Waals surface area contributed by atoms with Gasteiger partial charge in [0.1, 0.15) is 5.01 Å². The van der Waals surface area contributed by atoms with Crippen LogP contribution >= 0.6 is 11.3 Å². The summed E-state index contributed by atoms with van der Waals surface area (Å²) in [5.41, 5.74) is 3.05. The number of hydrogen-bond acceptors (Lipinski definition) is 4. The number of aliphatic hydroxyl groups excluding tert-OH is 1. The average molecular weight is 304 g/mol. The van der Waals surface area contributed by atoms with Crippen molar-refractivity contribution in [1.29, 1.82) is 0 Å². The third-order valence-corrected chi connectivity index (χ3v) is 4.41. The van der Waals surface area contributed by atoms with Gasteiger partial charge in [-0.3, -0.25) is 4.79 Å². The van der Waals surface area contributed by atoms with Crippen molar-refractivity contribution in [3.05, 3.63) is 40.9 Å². The summed E-state index contributed by atoms with van der Waals surface area (Å²) in [5.74, 6) is -0.0300. The molecule has 0 saturated heterocycles. The standard InChI is InChI=1S/C16H20N2O2S/c1-11-5-4-6-13(7-11)16-17-14(10-21-16)8-15(20)18(3)12(2)9-19/h4-7,10,12,19H,8-9H2,1-3H3. The molecule has 0 aliphatic rings. The molecule has 0 fully saturated rings. The zero-order valence-corrected chi connectivity index (χ0v) is 13.4. The zero-order valence-electron chi connectivity index (χ0n) is 12.5. The van der Waals surface area contributed by atoms with Crippen molar-refractivity contribution in [2.45, 2.75) is 26.3 Å². The van der Waals surface area contributed by atoms with Gasteiger partial charge in [0.05, 0.1) is 24.8 Å². The Labute approximate surface area is 129 Å². The van der Waals surface area contributed by atoms with Crippen LogP contribution in [0, 0.1) is 6.92 Å². The van der Waals surface area contributed by atoms with Gasteiger partial charge in [0, 0.05) is 18.0 Å². The molecular formula is C16H20N2O2S. The van der Waals surface area contributed by atoms with Crippen LogP contribution in [-0.4, -0.2) is 40.6 Å². The Balaban J connectivity index is 2.08. The lowest BCUT2D eigenvalue weighted by Crippen LogP contribution is -2.38. The van der Waals surface area contributed by atoms with Crippen molar-refractivity contribution < 1.29 is 9.90 Å². The van der Waals surface area contributed by atoms with Gasteiger partial charge in [0.2, 0.25) is 5.91 Å². The Morgan fingerprint density at radius 1 is 1.48 bits per heavy atom. The maximum atomic E-state index is 12.1. The summed E-state index contributed by atoms with van der Waals surface area (Å²) >= 11 is 1.55. The molecule has 0 spiro atoms. The summed E-state index contributed by atoms with van der Waals surface area (Å²) < 4.78 is 0. The fraction of sp³-hybridized carbons (Fsp3) is 0.375. The van der Waals surface area contributed by atoms with E-state index < -0.39 is 0 Å². The molecule has 2 rings (SSSR count). The number of aliphatic hydroxyl groups is 1. The predicted molar refractivity (Wildman–Crippen MR) is 85.3 cm³/mol. The Morgan fingerprint density at radius 3 is 2.90 bits per heavy atom. The molecule has 4 nitrogen and oxygen atoms in total. The van der Waals surface area contributed by atoms with Gasteiger partial charge in [-0.15, -0.1) is 11.3 Å².